The summed E-state index contributed by atoms with van der Waals surface area (Å²) in [7, 11) is 2.94. The highest BCUT2D eigenvalue weighted by atomic mass is 16.5. The summed E-state index contributed by atoms with van der Waals surface area (Å²) in [5.41, 5.74) is -0.567. The van der Waals surface area contributed by atoms with Crippen LogP contribution in [0.25, 0.3) is 0 Å². The number of allylic oxidation sites excluding steroid dienone is 2. The summed E-state index contributed by atoms with van der Waals surface area (Å²) >= 11 is 0. The van der Waals surface area contributed by atoms with Gasteiger partial charge in [-0.15, -0.1) is 0 Å². The lowest BCUT2D eigenvalue weighted by Crippen LogP contribution is -2.35. The van der Waals surface area contributed by atoms with Gasteiger partial charge in [0.15, 0.2) is 0 Å². The fraction of sp³-hybridized carbons (Fsp3) is 0.688. The Balaban J connectivity index is 2.08. The second-order valence-electron chi connectivity index (χ2n) is 6.55. The first-order valence-electron chi connectivity index (χ1n) is 7.36. The predicted molar refractivity (Wildman–Crippen MR) is 77.0 cm³/mol. The van der Waals surface area contributed by atoms with E-state index in [1.807, 2.05) is 26.0 Å². The van der Waals surface area contributed by atoms with Crippen LogP contribution in [0.2, 0.25) is 0 Å². The van der Waals surface area contributed by atoms with Crippen molar-refractivity contribution in [3.05, 3.63) is 12.2 Å². The van der Waals surface area contributed by atoms with Crippen LogP contribution in [0.4, 0.5) is 0 Å². The zero-order valence-electron chi connectivity index (χ0n) is 13.1. The van der Waals surface area contributed by atoms with Gasteiger partial charge in [-0.05, 0) is 38.5 Å². The summed E-state index contributed by atoms with van der Waals surface area (Å²) in [6.07, 6.45) is 5.97. The molecule has 3 atom stereocenters. The third-order valence-corrected chi connectivity index (χ3v) is 4.97. The molecular formula is C16H23NO4. The van der Waals surface area contributed by atoms with Crippen LogP contribution in [0.5, 0.6) is 0 Å². The Hall–Kier alpha value is -1.65. The van der Waals surface area contributed by atoms with E-state index in [1.165, 1.54) is 12.0 Å². The minimum Gasteiger partial charge on any atom is -0.469 e. The number of nitrogens with zero attached hydrogens (tertiary/aromatic N) is 1. The van der Waals surface area contributed by atoms with Crippen LogP contribution in [0, 0.1) is 23.2 Å². The standard InChI is InChI=1S/C16H23NO4/c1-16(2,15(20)21-4)11-7-5-10(6-8-11)12-9-13(18)17(3)14(12)19/h5,7,10-12H,6,8-9H2,1-4H3/t10-,11+,12-/m0/s1. The van der Waals surface area contributed by atoms with E-state index in [0.29, 0.717) is 6.42 Å². The summed E-state index contributed by atoms with van der Waals surface area (Å²) < 4.78 is 4.86. The molecule has 0 aromatic carbocycles. The van der Waals surface area contributed by atoms with Gasteiger partial charge in [0.05, 0.1) is 18.4 Å². The van der Waals surface area contributed by atoms with E-state index in [2.05, 4.69) is 0 Å². The molecule has 0 N–H and O–H groups in total. The first kappa shape index (κ1) is 15.7. The van der Waals surface area contributed by atoms with Crippen LogP contribution in [0.15, 0.2) is 12.2 Å². The minimum atomic E-state index is -0.567. The first-order valence-corrected chi connectivity index (χ1v) is 7.36. The van der Waals surface area contributed by atoms with Gasteiger partial charge in [-0.25, -0.2) is 0 Å². The van der Waals surface area contributed by atoms with Crippen LogP contribution in [0.3, 0.4) is 0 Å². The van der Waals surface area contributed by atoms with Crippen LogP contribution >= 0.6 is 0 Å². The average molecular weight is 293 g/mol. The molecule has 1 fully saturated rings. The van der Waals surface area contributed by atoms with Gasteiger partial charge in [-0.1, -0.05) is 12.2 Å². The van der Waals surface area contributed by atoms with Gasteiger partial charge >= 0.3 is 5.97 Å². The maximum Gasteiger partial charge on any atom is 0.311 e. The van der Waals surface area contributed by atoms with E-state index in [0.717, 1.165) is 12.8 Å². The summed E-state index contributed by atoms with van der Waals surface area (Å²) in [6, 6.07) is 0. The van der Waals surface area contributed by atoms with Crippen LogP contribution in [-0.2, 0) is 19.1 Å². The number of likely N-dealkylation sites (tertiary alicyclic amines) is 1. The van der Waals surface area contributed by atoms with Gasteiger partial charge in [-0.2, -0.15) is 0 Å². The Bertz CT molecular complexity index is 495. The van der Waals surface area contributed by atoms with Crippen LogP contribution in [-0.4, -0.2) is 36.8 Å². The normalized spacial score (nSPS) is 29.9. The van der Waals surface area contributed by atoms with Gasteiger partial charge in [-0.3, -0.25) is 19.3 Å². The topological polar surface area (TPSA) is 63.7 Å². The summed E-state index contributed by atoms with van der Waals surface area (Å²) in [4.78, 5) is 36.7. The molecule has 0 aromatic heterocycles. The van der Waals surface area contributed by atoms with Crippen LogP contribution in [0.1, 0.15) is 33.1 Å². The van der Waals surface area contributed by atoms with E-state index in [4.69, 9.17) is 4.74 Å². The SMILES string of the molecule is COC(=O)C(C)(C)[C@@H]1C=C[C@H]([C@@H]2CC(=O)N(C)C2=O)CC1. The number of esters is 1. The van der Waals surface area contributed by atoms with Gasteiger partial charge < -0.3 is 4.74 Å². The van der Waals surface area contributed by atoms with Crippen molar-refractivity contribution in [3.63, 3.8) is 0 Å². The summed E-state index contributed by atoms with van der Waals surface area (Å²) in [6.45, 7) is 3.76. The molecule has 0 bridgehead atoms. The number of carbonyl (C=O) groups is 3. The van der Waals surface area contributed by atoms with E-state index in [1.54, 1.807) is 7.05 Å². The molecule has 0 unspecified atom stereocenters. The number of carbonyl (C=O) groups excluding carboxylic acids is 3. The lowest BCUT2D eigenvalue weighted by molar-refractivity contribution is -0.153. The van der Waals surface area contributed by atoms with Crippen molar-refractivity contribution >= 4 is 17.8 Å². The largest absolute Gasteiger partial charge is 0.469 e. The molecule has 1 saturated heterocycles. The molecule has 5 heteroatoms. The zero-order chi connectivity index (χ0) is 15.8. The third kappa shape index (κ3) is 2.74. The number of imide groups is 1. The lowest BCUT2D eigenvalue weighted by Gasteiger charge is -2.34. The summed E-state index contributed by atoms with van der Waals surface area (Å²) in [5, 5.41) is 0. The van der Waals surface area contributed by atoms with Crippen molar-refractivity contribution in [1.82, 2.24) is 4.90 Å². The highest BCUT2D eigenvalue weighted by Gasteiger charge is 2.43. The van der Waals surface area contributed by atoms with Crippen molar-refractivity contribution in [3.8, 4) is 0 Å². The number of rotatable bonds is 3. The maximum absolute atomic E-state index is 12.0. The summed E-state index contributed by atoms with van der Waals surface area (Å²) in [5.74, 6) is -0.443. The maximum atomic E-state index is 12.0. The van der Waals surface area contributed by atoms with Gasteiger partial charge in [0.1, 0.15) is 0 Å². The Morgan fingerprint density at radius 2 is 1.95 bits per heavy atom. The Morgan fingerprint density at radius 1 is 1.29 bits per heavy atom. The quantitative estimate of drug-likeness (QED) is 0.452. The van der Waals surface area contributed by atoms with E-state index in [-0.39, 0.29) is 35.5 Å². The smallest absolute Gasteiger partial charge is 0.311 e. The van der Waals surface area contributed by atoms with E-state index >= 15 is 0 Å². The van der Waals surface area contributed by atoms with Crippen molar-refractivity contribution in [2.24, 2.45) is 23.2 Å². The third-order valence-electron chi connectivity index (χ3n) is 4.97. The number of hydrogen-bond acceptors (Lipinski definition) is 4. The second-order valence-corrected chi connectivity index (χ2v) is 6.55. The molecule has 0 radical (unpaired) electrons. The van der Waals surface area contributed by atoms with Crippen molar-refractivity contribution in [1.29, 1.82) is 0 Å². The van der Waals surface area contributed by atoms with Crippen molar-refractivity contribution in [2.75, 3.05) is 14.2 Å². The number of ether oxygens (including phenoxy) is 1. The zero-order valence-corrected chi connectivity index (χ0v) is 13.1. The molecule has 0 saturated carbocycles. The molecule has 5 nitrogen and oxygen atoms in total. The molecular weight excluding hydrogens is 270 g/mol. The number of methoxy groups -OCH3 is 1. The number of amides is 2. The Labute approximate surface area is 125 Å². The monoisotopic (exact) mass is 293 g/mol. The molecule has 0 aromatic rings. The Kier molecular flexibility index (Phi) is 4.21. The average Bonchev–Trinajstić information content (AvgIpc) is 2.74. The molecule has 116 valence electrons. The minimum absolute atomic E-state index is 0.0830. The van der Waals surface area contributed by atoms with E-state index in [9.17, 15) is 14.4 Å². The molecule has 2 aliphatic rings. The van der Waals surface area contributed by atoms with Crippen molar-refractivity contribution < 1.29 is 19.1 Å². The van der Waals surface area contributed by atoms with Gasteiger partial charge in [0.25, 0.3) is 0 Å². The molecule has 2 amide bonds. The molecule has 1 aliphatic carbocycles. The highest BCUT2D eigenvalue weighted by Crippen LogP contribution is 2.40. The molecule has 2 rings (SSSR count). The second kappa shape index (κ2) is 5.62. The van der Waals surface area contributed by atoms with E-state index < -0.39 is 5.41 Å². The van der Waals surface area contributed by atoms with Gasteiger partial charge in [0, 0.05) is 13.5 Å². The fourth-order valence-corrected chi connectivity index (χ4v) is 3.31. The molecule has 1 heterocycles. The first-order chi connectivity index (χ1) is 9.78. The van der Waals surface area contributed by atoms with Crippen LogP contribution < -0.4 is 0 Å². The number of hydrogen-bond donors (Lipinski definition) is 0. The lowest BCUT2D eigenvalue weighted by atomic mass is 9.70. The van der Waals surface area contributed by atoms with Crippen molar-refractivity contribution in [2.45, 2.75) is 33.1 Å². The Morgan fingerprint density at radius 3 is 2.38 bits per heavy atom. The predicted octanol–water partition coefficient (Wildman–Crippen LogP) is 1.77. The van der Waals surface area contributed by atoms with Gasteiger partial charge in [0.2, 0.25) is 11.8 Å². The highest BCUT2D eigenvalue weighted by molar-refractivity contribution is 6.03. The molecule has 21 heavy (non-hydrogen) atoms. The molecule has 0 spiro atoms. The molecule has 1 aliphatic heterocycles. The fourth-order valence-electron chi connectivity index (χ4n) is 3.31.